The summed E-state index contributed by atoms with van der Waals surface area (Å²) >= 11 is 3.29. The van der Waals surface area contributed by atoms with E-state index in [1.807, 2.05) is 0 Å². The lowest BCUT2D eigenvalue weighted by atomic mass is 9.91. The lowest BCUT2D eigenvalue weighted by Gasteiger charge is -2.35. The van der Waals surface area contributed by atoms with Crippen molar-refractivity contribution in [2.45, 2.75) is 24.9 Å². The van der Waals surface area contributed by atoms with Crippen molar-refractivity contribution in [1.29, 1.82) is 0 Å². The highest BCUT2D eigenvalue weighted by Gasteiger charge is 2.40. The molecule has 2 rings (SSSR count). The van der Waals surface area contributed by atoms with Crippen LogP contribution in [0.5, 0.6) is 0 Å². The van der Waals surface area contributed by atoms with Crippen molar-refractivity contribution in [2.75, 3.05) is 19.6 Å². The molecule has 7 nitrogen and oxygen atoms in total. The number of nitrogens with zero attached hydrogens (tertiary/aromatic N) is 1. The van der Waals surface area contributed by atoms with Crippen LogP contribution >= 0.6 is 15.9 Å². The van der Waals surface area contributed by atoms with Crippen LogP contribution in [0.25, 0.3) is 0 Å². The SMILES string of the molecule is O=C(NCCC(=O)N1CCC(O)(C(=O)O)CC1)c1ccc(Br)cc1. The third-order valence-corrected chi connectivity index (χ3v) is 4.60. The lowest BCUT2D eigenvalue weighted by molar-refractivity contribution is -0.165. The van der Waals surface area contributed by atoms with Crippen LogP contribution in [-0.2, 0) is 9.59 Å². The van der Waals surface area contributed by atoms with Gasteiger partial charge in [0.2, 0.25) is 5.91 Å². The number of rotatable bonds is 5. The molecule has 0 bridgehead atoms. The van der Waals surface area contributed by atoms with Gasteiger partial charge < -0.3 is 20.4 Å². The van der Waals surface area contributed by atoms with E-state index in [9.17, 15) is 19.5 Å². The second-order valence-corrected chi connectivity index (χ2v) is 6.65. The summed E-state index contributed by atoms with van der Waals surface area (Å²) in [5, 5.41) is 21.5. The maximum atomic E-state index is 12.1. The number of carbonyl (C=O) groups excluding carboxylic acids is 2. The van der Waals surface area contributed by atoms with Gasteiger partial charge in [-0.15, -0.1) is 0 Å². The Morgan fingerprint density at radius 1 is 1.17 bits per heavy atom. The molecule has 130 valence electrons. The molecule has 2 amide bonds. The zero-order valence-corrected chi connectivity index (χ0v) is 14.6. The van der Waals surface area contributed by atoms with Gasteiger partial charge in [0.15, 0.2) is 5.60 Å². The fourth-order valence-electron chi connectivity index (χ4n) is 2.48. The number of aliphatic carboxylic acids is 1. The topological polar surface area (TPSA) is 107 Å². The number of carboxylic acid groups (broad SMARTS) is 1. The van der Waals surface area contributed by atoms with E-state index >= 15 is 0 Å². The van der Waals surface area contributed by atoms with Crippen LogP contribution in [0.2, 0.25) is 0 Å². The van der Waals surface area contributed by atoms with Crippen LogP contribution in [0, 0.1) is 0 Å². The third-order valence-electron chi connectivity index (χ3n) is 4.07. The molecule has 3 N–H and O–H groups in total. The molecule has 1 saturated heterocycles. The average Bonchev–Trinajstić information content (AvgIpc) is 2.55. The first-order chi connectivity index (χ1) is 11.3. The van der Waals surface area contributed by atoms with E-state index in [-0.39, 0.29) is 50.7 Å². The molecule has 0 aliphatic carbocycles. The Labute approximate surface area is 147 Å². The molecule has 0 radical (unpaired) electrons. The monoisotopic (exact) mass is 398 g/mol. The smallest absolute Gasteiger partial charge is 0.335 e. The summed E-state index contributed by atoms with van der Waals surface area (Å²) in [6.45, 7) is 0.595. The molecule has 1 heterocycles. The number of likely N-dealkylation sites (tertiary alicyclic amines) is 1. The minimum absolute atomic E-state index is 0.0132. The summed E-state index contributed by atoms with van der Waals surface area (Å²) in [6.07, 6.45) is 0.159. The van der Waals surface area contributed by atoms with E-state index in [1.165, 1.54) is 4.90 Å². The standard InChI is InChI=1S/C16H19BrN2O5/c17-12-3-1-11(2-4-12)14(21)18-8-5-13(20)19-9-6-16(24,7-10-19)15(22)23/h1-4,24H,5-10H2,(H,18,21)(H,22,23). The normalized spacial score (nSPS) is 16.5. The maximum Gasteiger partial charge on any atom is 0.335 e. The summed E-state index contributed by atoms with van der Waals surface area (Å²) in [6, 6.07) is 6.88. The van der Waals surface area contributed by atoms with E-state index in [0.717, 1.165) is 4.47 Å². The second kappa shape index (κ2) is 7.76. The second-order valence-electron chi connectivity index (χ2n) is 5.73. The Hall–Kier alpha value is -1.93. The minimum atomic E-state index is -1.74. The Bertz CT molecular complexity index is 624. The van der Waals surface area contributed by atoms with Crippen LogP contribution in [-0.4, -0.2) is 58.1 Å². The predicted molar refractivity (Wildman–Crippen MR) is 89.5 cm³/mol. The quantitative estimate of drug-likeness (QED) is 0.685. The van der Waals surface area contributed by atoms with Crippen molar-refractivity contribution < 1.29 is 24.6 Å². The number of carbonyl (C=O) groups is 3. The van der Waals surface area contributed by atoms with Crippen LogP contribution in [0.15, 0.2) is 28.7 Å². The molecule has 0 aromatic heterocycles. The highest BCUT2D eigenvalue weighted by molar-refractivity contribution is 9.10. The summed E-state index contributed by atoms with van der Waals surface area (Å²) < 4.78 is 0.876. The highest BCUT2D eigenvalue weighted by Crippen LogP contribution is 2.22. The zero-order valence-electron chi connectivity index (χ0n) is 13.0. The molecule has 1 fully saturated rings. The first kappa shape index (κ1) is 18.4. The Kier molecular flexibility index (Phi) is 5.95. The van der Waals surface area contributed by atoms with Crippen molar-refractivity contribution in [3.63, 3.8) is 0 Å². The molecule has 0 atom stereocenters. The number of hydrogen-bond donors (Lipinski definition) is 3. The van der Waals surface area contributed by atoms with Gasteiger partial charge in [-0.05, 0) is 24.3 Å². The van der Waals surface area contributed by atoms with Gasteiger partial charge >= 0.3 is 5.97 Å². The molecule has 1 aromatic rings. The van der Waals surface area contributed by atoms with Crippen LogP contribution in [0.3, 0.4) is 0 Å². The van der Waals surface area contributed by atoms with Gasteiger partial charge in [0, 0.05) is 48.9 Å². The Balaban J connectivity index is 1.75. The number of nitrogens with one attached hydrogen (secondary N) is 1. The number of aliphatic hydroxyl groups is 1. The third kappa shape index (κ3) is 4.55. The summed E-state index contributed by atoms with van der Waals surface area (Å²) in [5.74, 6) is -1.68. The van der Waals surface area contributed by atoms with Gasteiger partial charge in [0.1, 0.15) is 0 Å². The number of carboxylic acids is 1. The Morgan fingerprint density at radius 3 is 2.29 bits per heavy atom. The van der Waals surface area contributed by atoms with Crippen molar-refractivity contribution >= 4 is 33.7 Å². The number of benzene rings is 1. The fraction of sp³-hybridized carbons (Fsp3) is 0.438. The number of halogens is 1. The van der Waals surface area contributed by atoms with E-state index < -0.39 is 11.6 Å². The largest absolute Gasteiger partial charge is 0.479 e. The molecule has 24 heavy (non-hydrogen) atoms. The van der Waals surface area contributed by atoms with Gasteiger partial charge in [-0.3, -0.25) is 9.59 Å². The van der Waals surface area contributed by atoms with Gasteiger partial charge in [-0.1, -0.05) is 15.9 Å². The van der Waals surface area contributed by atoms with Gasteiger partial charge in [-0.25, -0.2) is 4.79 Å². The molecule has 1 aliphatic rings. The molecule has 0 unspecified atom stereocenters. The first-order valence-electron chi connectivity index (χ1n) is 7.59. The molecule has 0 spiro atoms. The predicted octanol–water partition coefficient (Wildman–Crippen LogP) is 1.01. The lowest BCUT2D eigenvalue weighted by Crippen LogP contribution is -2.51. The molecule has 8 heteroatoms. The van der Waals surface area contributed by atoms with Crippen LogP contribution < -0.4 is 5.32 Å². The maximum absolute atomic E-state index is 12.1. The molecular weight excluding hydrogens is 380 g/mol. The first-order valence-corrected chi connectivity index (χ1v) is 8.38. The van der Waals surface area contributed by atoms with E-state index in [4.69, 9.17) is 5.11 Å². The van der Waals surface area contributed by atoms with Crippen LogP contribution in [0.4, 0.5) is 0 Å². The molecular formula is C16H19BrN2O5. The summed E-state index contributed by atoms with van der Waals surface area (Å²) in [5.41, 5.74) is -1.23. The van der Waals surface area contributed by atoms with E-state index in [2.05, 4.69) is 21.2 Å². The van der Waals surface area contributed by atoms with E-state index in [0.29, 0.717) is 5.56 Å². The van der Waals surface area contributed by atoms with E-state index in [1.54, 1.807) is 24.3 Å². The molecule has 1 aliphatic heterocycles. The number of piperidine rings is 1. The van der Waals surface area contributed by atoms with Gasteiger partial charge in [0.25, 0.3) is 5.91 Å². The van der Waals surface area contributed by atoms with Gasteiger partial charge in [-0.2, -0.15) is 0 Å². The number of hydrogen-bond acceptors (Lipinski definition) is 4. The molecule has 0 saturated carbocycles. The molecule has 1 aromatic carbocycles. The average molecular weight is 399 g/mol. The zero-order chi connectivity index (χ0) is 17.7. The van der Waals surface area contributed by atoms with Crippen molar-refractivity contribution in [1.82, 2.24) is 10.2 Å². The summed E-state index contributed by atoms with van der Waals surface area (Å²) in [7, 11) is 0. The fourth-order valence-corrected chi connectivity index (χ4v) is 2.75. The summed E-state index contributed by atoms with van der Waals surface area (Å²) in [4.78, 5) is 36.5. The Morgan fingerprint density at radius 2 is 1.75 bits per heavy atom. The van der Waals surface area contributed by atoms with Gasteiger partial charge in [0.05, 0.1) is 0 Å². The number of amides is 2. The van der Waals surface area contributed by atoms with Crippen molar-refractivity contribution in [2.24, 2.45) is 0 Å². The van der Waals surface area contributed by atoms with Crippen LogP contribution in [0.1, 0.15) is 29.6 Å². The van der Waals surface area contributed by atoms with Crippen molar-refractivity contribution in [3.05, 3.63) is 34.3 Å². The minimum Gasteiger partial charge on any atom is -0.479 e. The van der Waals surface area contributed by atoms with Crippen molar-refractivity contribution in [3.8, 4) is 0 Å². The highest BCUT2D eigenvalue weighted by atomic mass is 79.9.